The third kappa shape index (κ3) is 4.60. The first-order valence-corrected chi connectivity index (χ1v) is 19.7. The quantitative estimate of drug-likeness (QED) is 0.172. The van der Waals surface area contributed by atoms with Crippen LogP contribution in [0.3, 0.4) is 0 Å². The summed E-state index contributed by atoms with van der Waals surface area (Å²) >= 11 is 1.80. The van der Waals surface area contributed by atoms with E-state index < -0.39 is 0 Å². The average molecular weight is 717 g/mol. The molecule has 0 atom stereocenters. The van der Waals surface area contributed by atoms with Crippen LogP contribution in [-0.4, -0.2) is 4.57 Å². The summed E-state index contributed by atoms with van der Waals surface area (Å²) in [4.78, 5) is 2.43. The summed E-state index contributed by atoms with van der Waals surface area (Å²) < 4.78 is 3.70. The van der Waals surface area contributed by atoms with Crippen molar-refractivity contribution in [1.82, 2.24) is 4.57 Å². The lowest BCUT2D eigenvalue weighted by Gasteiger charge is -2.29. The Bertz CT molecular complexity index is 3260. The highest BCUT2D eigenvalue weighted by atomic mass is 32.1. The van der Waals surface area contributed by atoms with Crippen LogP contribution in [-0.2, 0) is 0 Å². The largest absolute Gasteiger partial charge is 0.310 e. The van der Waals surface area contributed by atoms with E-state index in [4.69, 9.17) is 0 Å². The predicted molar refractivity (Wildman–Crippen MR) is 236 cm³/mol. The average Bonchev–Trinajstić information content (AvgIpc) is 3.86. The maximum absolute atomic E-state index is 2.43. The normalized spacial score (nSPS) is 12.0. The van der Waals surface area contributed by atoms with E-state index >= 15 is 0 Å². The zero-order valence-corrected chi connectivity index (χ0v) is 30.6. The standard InChI is InChI=1S/C52H32N2S/c1-3-11-33(12-4-1)52-43-25-26-55-51(43)24-23-50(52)53(38-13-5-2-6-14-38)39-21-19-34-29-44-46(31-36(34)27-39)45-30-35-20-22-40(28-37(35)32-47(44)45)54-48-17-9-7-15-41(48)42-16-8-10-18-49(42)54/h1-32H. The second kappa shape index (κ2) is 11.8. The lowest BCUT2D eigenvalue weighted by Crippen LogP contribution is -2.11. The van der Waals surface area contributed by atoms with E-state index in [2.05, 4.69) is 203 Å². The lowest BCUT2D eigenvalue weighted by atomic mass is 9.78. The molecule has 256 valence electrons. The summed E-state index contributed by atoms with van der Waals surface area (Å²) in [5.74, 6) is 0. The van der Waals surface area contributed by atoms with Crippen molar-refractivity contribution in [3.05, 3.63) is 193 Å². The first-order chi connectivity index (χ1) is 27.3. The van der Waals surface area contributed by atoms with Crippen LogP contribution in [0.4, 0.5) is 17.1 Å². The Hall–Kier alpha value is -6.94. The van der Waals surface area contributed by atoms with Gasteiger partial charge in [-0.05, 0) is 146 Å². The second-order valence-corrected chi connectivity index (χ2v) is 15.5. The molecule has 0 amide bonds. The minimum Gasteiger partial charge on any atom is -0.310 e. The molecule has 1 aliphatic carbocycles. The van der Waals surface area contributed by atoms with E-state index in [1.807, 2.05) is 0 Å². The third-order valence-corrected chi connectivity index (χ3v) is 12.4. The molecule has 0 unspecified atom stereocenters. The molecule has 0 bridgehead atoms. The van der Waals surface area contributed by atoms with E-state index in [0.717, 1.165) is 11.4 Å². The molecule has 0 fully saturated rings. The van der Waals surface area contributed by atoms with Gasteiger partial charge in [0, 0.05) is 43.5 Å². The van der Waals surface area contributed by atoms with Crippen LogP contribution in [0.15, 0.2) is 193 Å². The molecule has 55 heavy (non-hydrogen) atoms. The molecule has 11 aromatic rings. The van der Waals surface area contributed by atoms with Gasteiger partial charge in [-0.15, -0.1) is 11.3 Å². The van der Waals surface area contributed by atoms with Gasteiger partial charge in [0.1, 0.15) is 0 Å². The maximum Gasteiger partial charge on any atom is 0.0547 e. The molecular weight excluding hydrogens is 685 g/mol. The van der Waals surface area contributed by atoms with Gasteiger partial charge >= 0.3 is 0 Å². The number of rotatable bonds is 5. The van der Waals surface area contributed by atoms with Crippen molar-refractivity contribution in [1.29, 1.82) is 0 Å². The summed E-state index contributed by atoms with van der Waals surface area (Å²) in [5, 5.41) is 11.1. The van der Waals surface area contributed by atoms with E-state index in [0.29, 0.717) is 0 Å². The summed E-state index contributed by atoms with van der Waals surface area (Å²) in [6.45, 7) is 0. The van der Waals surface area contributed by atoms with Crippen molar-refractivity contribution in [3.8, 4) is 39.1 Å². The molecule has 9 aromatic carbocycles. The second-order valence-electron chi connectivity index (χ2n) is 14.6. The molecule has 0 spiro atoms. The number of hydrogen-bond acceptors (Lipinski definition) is 2. The summed E-state index contributed by atoms with van der Waals surface area (Å²) in [5.41, 5.74) is 14.9. The van der Waals surface area contributed by atoms with Crippen LogP contribution in [0.25, 0.3) is 92.5 Å². The van der Waals surface area contributed by atoms with Gasteiger partial charge in [-0.1, -0.05) is 97.1 Å². The highest BCUT2D eigenvalue weighted by molar-refractivity contribution is 7.17. The molecule has 0 radical (unpaired) electrons. The van der Waals surface area contributed by atoms with Crippen LogP contribution in [0, 0.1) is 0 Å². The smallest absolute Gasteiger partial charge is 0.0547 e. The monoisotopic (exact) mass is 716 g/mol. The Balaban J connectivity index is 0.979. The van der Waals surface area contributed by atoms with Crippen LogP contribution < -0.4 is 4.90 Å². The molecule has 2 aromatic heterocycles. The molecule has 3 heteroatoms. The molecular formula is C52H32N2S. The fourth-order valence-corrected chi connectivity index (χ4v) is 9.80. The highest BCUT2D eigenvalue weighted by Crippen LogP contribution is 2.52. The van der Waals surface area contributed by atoms with E-state index in [9.17, 15) is 0 Å². The van der Waals surface area contributed by atoms with Crippen molar-refractivity contribution >= 4 is 81.8 Å². The molecule has 0 saturated carbocycles. The van der Waals surface area contributed by atoms with Gasteiger partial charge in [-0.25, -0.2) is 0 Å². The van der Waals surface area contributed by atoms with Gasteiger partial charge in [0.25, 0.3) is 0 Å². The molecule has 0 N–H and O–H groups in total. The van der Waals surface area contributed by atoms with Gasteiger partial charge in [-0.3, -0.25) is 0 Å². The molecule has 0 aliphatic heterocycles. The van der Waals surface area contributed by atoms with Crippen LogP contribution >= 0.6 is 11.3 Å². The summed E-state index contributed by atoms with van der Waals surface area (Å²) in [6, 6.07) is 69.3. The molecule has 2 nitrogen and oxygen atoms in total. The number of benzene rings is 9. The number of thiophene rings is 1. The minimum absolute atomic E-state index is 1.13. The number of para-hydroxylation sites is 3. The predicted octanol–water partition coefficient (Wildman–Crippen LogP) is 15.1. The summed E-state index contributed by atoms with van der Waals surface area (Å²) in [7, 11) is 0. The minimum atomic E-state index is 1.13. The Labute approximate surface area is 322 Å². The van der Waals surface area contributed by atoms with E-state index in [-0.39, 0.29) is 0 Å². The topological polar surface area (TPSA) is 8.17 Å². The van der Waals surface area contributed by atoms with Gasteiger partial charge in [-0.2, -0.15) is 0 Å². The van der Waals surface area contributed by atoms with Crippen LogP contribution in [0.2, 0.25) is 0 Å². The molecule has 1 aliphatic rings. The highest BCUT2D eigenvalue weighted by Gasteiger charge is 2.25. The Morgan fingerprint density at radius 2 is 0.982 bits per heavy atom. The molecule has 0 saturated heterocycles. The zero-order chi connectivity index (χ0) is 36.0. The van der Waals surface area contributed by atoms with Crippen LogP contribution in [0.5, 0.6) is 0 Å². The Morgan fingerprint density at radius 1 is 0.400 bits per heavy atom. The Kier molecular flexibility index (Phi) is 6.54. The fraction of sp³-hybridized carbons (Fsp3) is 0. The summed E-state index contributed by atoms with van der Waals surface area (Å²) in [6.07, 6.45) is 0. The van der Waals surface area contributed by atoms with Gasteiger partial charge < -0.3 is 9.47 Å². The number of hydrogen-bond donors (Lipinski definition) is 0. The third-order valence-electron chi connectivity index (χ3n) is 11.5. The number of anilines is 3. The Morgan fingerprint density at radius 3 is 1.67 bits per heavy atom. The van der Waals surface area contributed by atoms with Gasteiger partial charge in [0.2, 0.25) is 0 Å². The molecule has 12 rings (SSSR count). The van der Waals surface area contributed by atoms with Crippen molar-refractivity contribution in [2.75, 3.05) is 4.90 Å². The van der Waals surface area contributed by atoms with E-state index in [1.54, 1.807) is 11.3 Å². The lowest BCUT2D eigenvalue weighted by molar-refractivity contribution is 1.19. The van der Waals surface area contributed by atoms with Crippen molar-refractivity contribution in [3.63, 3.8) is 0 Å². The molecule has 2 heterocycles. The number of aromatic nitrogens is 1. The fourth-order valence-electron chi connectivity index (χ4n) is 9.01. The zero-order valence-electron chi connectivity index (χ0n) is 29.8. The first-order valence-electron chi connectivity index (χ1n) is 18.8. The van der Waals surface area contributed by atoms with E-state index in [1.165, 1.54) is 98.2 Å². The van der Waals surface area contributed by atoms with Crippen molar-refractivity contribution < 1.29 is 0 Å². The first kappa shape index (κ1) is 30.5. The van der Waals surface area contributed by atoms with Gasteiger partial charge in [0.05, 0.1) is 16.7 Å². The van der Waals surface area contributed by atoms with Crippen molar-refractivity contribution in [2.24, 2.45) is 0 Å². The van der Waals surface area contributed by atoms with Crippen LogP contribution in [0.1, 0.15) is 0 Å². The number of fused-ring (bicyclic) bond motifs is 10. The van der Waals surface area contributed by atoms with Gasteiger partial charge in [0.15, 0.2) is 0 Å². The number of nitrogens with zero attached hydrogens (tertiary/aromatic N) is 2. The SMILES string of the molecule is c1ccc(-c2c(N(c3ccccc3)c3ccc4cc5c(cc4c3)-c3cc4ccc(-n6c7ccccc7c7ccccc76)cc4cc3-5)ccc3sccc23)cc1. The van der Waals surface area contributed by atoms with Crippen molar-refractivity contribution in [2.45, 2.75) is 0 Å². The maximum atomic E-state index is 2.43.